The molecule has 0 amide bonds. The Bertz CT molecular complexity index is 672. The van der Waals surface area contributed by atoms with E-state index in [1.54, 1.807) is 13.2 Å². The summed E-state index contributed by atoms with van der Waals surface area (Å²) in [5, 5.41) is 13.5. The minimum Gasteiger partial charge on any atom is -0.478 e. The average molecular weight is 286 g/mol. The number of nitrogens with one attached hydrogen (secondary N) is 1. The molecule has 1 fully saturated rings. The van der Waals surface area contributed by atoms with Gasteiger partial charge in [-0.2, -0.15) is 0 Å². The number of carboxylic acid groups (broad SMARTS) is 1. The summed E-state index contributed by atoms with van der Waals surface area (Å²) in [6, 6.07) is 9.42. The average Bonchev–Trinajstić information content (AvgIpc) is 2.94. The number of benzene rings is 1. The fraction of sp³-hybridized carbons (Fsp3) is 0.375. The Morgan fingerprint density at radius 2 is 2.19 bits per heavy atom. The maximum atomic E-state index is 11.5. The lowest BCUT2D eigenvalue weighted by molar-refractivity contribution is 0.0697. The SMILES string of the molecule is COC1CCC(Nc2nc3ccccc3cc2C(=O)O)C1. The van der Waals surface area contributed by atoms with E-state index in [0.29, 0.717) is 5.82 Å². The first kappa shape index (κ1) is 13.8. The maximum Gasteiger partial charge on any atom is 0.339 e. The van der Waals surface area contributed by atoms with Gasteiger partial charge in [-0.05, 0) is 31.4 Å². The molecule has 21 heavy (non-hydrogen) atoms. The van der Waals surface area contributed by atoms with E-state index in [-0.39, 0.29) is 17.7 Å². The molecule has 5 nitrogen and oxygen atoms in total. The largest absolute Gasteiger partial charge is 0.478 e. The molecular formula is C16H18N2O3. The van der Waals surface area contributed by atoms with E-state index in [0.717, 1.165) is 30.2 Å². The molecule has 0 saturated heterocycles. The second kappa shape index (κ2) is 5.69. The second-order valence-corrected chi connectivity index (χ2v) is 5.39. The van der Waals surface area contributed by atoms with Crippen LogP contribution in [0.25, 0.3) is 10.9 Å². The number of aromatic nitrogens is 1. The quantitative estimate of drug-likeness (QED) is 0.904. The highest BCUT2D eigenvalue weighted by molar-refractivity contribution is 5.98. The third kappa shape index (κ3) is 2.83. The molecule has 0 bridgehead atoms. The van der Waals surface area contributed by atoms with Crippen LogP contribution in [0.3, 0.4) is 0 Å². The molecule has 110 valence electrons. The Kier molecular flexibility index (Phi) is 3.75. The Hall–Kier alpha value is -2.14. The number of ether oxygens (including phenoxy) is 1. The lowest BCUT2D eigenvalue weighted by atomic mass is 10.1. The van der Waals surface area contributed by atoms with Crippen LogP contribution >= 0.6 is 0 Å². The summed E-state index contributed by atoms with van der Waals surface area (Å²) in [6.07, 6.45) is 3.08. The molecule has 0 radical (unpaired) electrons. The number of pyridine rings is 1. The van der Waals surface area contributed by atoms with E-state index in [2.05, 4.69) is 10.3 Å². The van der Waals surface area contributed by atoms with Crippen molar-refractivity contribution in [3.05, 3.63) is 35.9 Å². The molecule has 0 aliphatic heterocycles. The van der Waals surface area contributed by atoms with Crippen molar-refractivity contribution >= 4 is 22.7 Å². The van der Waals surface area contributed by atoms with Gasteiger partial charge in [0.25, 0.3) is 0 Å². The number of hydrogen-bond acceptors (Lipinski definition) is 4. The highest BCUT2D eigenvalue weighted by Gasteiger charge is 2.26. The standard InChI is InChI=1S/C16H18N2O3/c1-21-12-7-6-11(9-12)17-15-13(16(19)20)8-10-4-2-3-5-14(10)18-15/h2-5,8,11-12H,6-7,9H2,1H3,(H,17,18)(H,19,20). The molecule has 3 rings (SSSR count). The van der Waals surface area contributed by atoms with Gasteiger partial charge >= 0.3 is 5.97 Å². The summed E-state index contributed by atoms with van der Waals surface area (Å²) in [4.78, 5) is 15.9. The number of nitrogens with zero attached hydrogens (tertiary/aromatic N) is 1. The normalized spacial score (nSPS) is 21.6. The van der Waals surface area contributed by atoms with Gasteiger partial charge in [0.15, 0.2) is 0 Å². The van der Waals surface area contributed by atoms with Crippen molar-refractivity contribution in [2.75, 3.05) is 12.4 Å². The van der Waals surface area contributed by atoms with Gasteiger partial charge in [0, 0.05) is 18.5 Å². The Labute approximate surface area is 123 Å². The van der Waals surface area contributed by atoms with E-state index in [4.69, 9.17) is 4.74 Å². The molecule has 2 unspecified atom stereocenters. The van der Waals surface area contributed by atoms with E-state index in [9.17, 15) is 9.90 Å². The number of methoxy groups -OCH3 is 1. The number of rotatable bonds is 4. The van der Waals surface area contributed by atoms with Crippen molar-refractivity contribution in [1.82, 2.24) is 4.98 Å². The predicted octanol–water partition coefficient (Wildman–Crippen LogP) is 2.91. The summed E-state index contributed by atoms with van der Waals surface area (Å²) in [7, 11) is 1.71. The highest BCUT2D eigenvalue weighted by Crippen LogP contribution is 2.27. The van der Waals surface area contributed by atoms with Gasteiger partial charge in [-0.1, -0.05) is 18.2 Å². The minimum absolute atomic E-state index is 0.210. The maximum absolute atomic E-state index is 11.5. The number of aromatic carboxylic acids is 1. The zero-order valence-corrected chi connectivity index (χ0v) is 11.9. The summed E-state index contributed by atoms with van der Waals surface area (Å²) < 4.78 is 5.35. The third-order valence-electron chi connectivity index (χ3n) is 4.01. The van der Waals surface area contributed by atoms with Crippen LogP contribution in [0.2, 0.25) is 0 Å². The van der Waals surface area contributed by atoms with Gasteiger partial charge in [-0.25, -0.2) is 9.78 Å². The van der Waals surface area contributed by atoms with Gasteiger partial charge in [0.1, 0.15) is 11.4 Å². The molecule has 2 atom stereocenters. The van der Waals surface area contributed by atoms with Gasteiger partial charge in [-0.3, -0.25) is 0 Å². The predicted molar refractivity (Wildman–Crippen MR) is 80.8 cm³/mol. The lowest BCUT2D eigenvalue weighted by Crippen LogP contribution is -2.20. The molecular weight excluding hydrogens is 268 g/mol. The van der Waals surface area contributed by atoms with Gasteiger partial charge in [-0.15, -0.1) is 0 Å². The number of anilines is 1. The zero-order valence-electron chi connectivity index (χ0n) is 11.9. The fourth-order valence-electron chi connectivity index (χ4n) is 2.87. The topological polar surface area (TPSA) is 71.5 Å². The molecule has 1 aliphatic carbocycles. The molecule has 1 aromatic carbocycles. The van der Waals surface area contributed by atoms with Crippen molar-refractivity contribution in [3.8, 4) is 0 Å². The number of para-hydroxylation sites is 1. The van der Waals surface area contributed by atoms with Crippen molar-refractivity contribution in [2.45, 2.75) is 31.4 Å². The van der Waals surface area contributed by atoms with E-state index >= 15 is 0 Å². The summed E-state index contributed by atoms with van der Waals surface area (Å²) >= 11 is 0. The van der Waals surface area contributed by atoms with Gasteiger partial charge in [0.2, 0.25) is 0 Å². The van der Waals surface area contributed by atoms with Crippen molar-refractivity contribution in [1.29, 1.82) is 0 Å². The minimum atomic E-state index is -0.961. The van der Waals surface area contributed by atoms with Gasteiger partial charge in [0.05, 0.1) is 11.6 Å². The fourth-order valence-corrected chi connectivity index (χ4v) is 2.87. The molecule has 2 N–H and O–H groups in total. The summed E-state index contributed by atoms with van der Waals surface area (Å²) in [5.41, 5.74) is 1.01. The van der Waals surface area contributed by atoms with Gasteiger partial charge < -0.3 is 15.2 Å². The Morgan fingerprint density at radius 1 is 1.38 bits per heavy atom. The Balaban J connectivity index is 1.92. The third-order valence-corrected chi connectivity index (χ3v) is 4.01. The first-order valence-corrected chi connectivity index (χ1v) is 7.10. The zero-order chi connectivity index (χ0) is 14.8. The summed E-state index contributed by atoms with van der Waals surface area (Å²) in [5.74, 6) is -0.514. The molecule has 0 spiro atoms. The molecule has 5 heteroatoms. The number of hydrogen-bond donors (Lipinski definition) is 2. The molecule has 1 heterocycles. The smallest absolute Gasteiger partial charge is 0.339 e. The van der Waals surface area contributed by atoms with Crippen LogP contribution in [-0.4, -0.2) is 35.3 Å². The lowest BCUT2D eigenvalue weighted by Gasteiger charge is -2.16. The van der Waals surface area contributed by atoms with Crippen LogP contribution in [0.5, 0.6) is 0 Å². The van der Waals surface area contributed by atoms with Crippen molar-refractivity contribution < 1.29 is 14.6 Å². The molecule has 1 saturated carbocycles. The molecule has 1 aliphatic rings. The first-order valence-electron chi connectivity index (χ1n) is 7.10. The first-order chi connectivity index (χ1) is 10.2. The van der Waals surface area contributed by atoms with Crippen LogP contribution in [0.4, 0.5) is 5.82 Å². The van der Waals surface area contributed by atoms with Crippen LogP contribution in [0.1, 0.15) is 29.6 Å². The molecule has 2 aromatic rings. The highest BCUT2D eigenvalue weighted by atomic mass is 16.5. The van der Waals surface area contributed by atoms with E-state index in [1.165, 1.54) is 0 Å². The van der Waals surface area contributed by atoms with E-state index in [1.807, 2.05) is 24.3 Å². The monoisotopic (exact) mass is 286 g/mol. The van der Waals surface area contributed by atoms with Crippen LogP contribution < -0.4 is 5.32 Å². The number of carbonyl (C=O) groups is 1. The summed E-state index contributed by atoms with van der Waals surface area (Å²) in [6.45, 7) is 0. The Morgan fingerprint density at radius 3 is 2.90 bits per heavy atom. The number of fused-ring (bicyclic) bond motifs is 1. The van der Waals surface area contributed by atoms with Crippen LogP contribution in [0.15, 0.2) is 30.3 Å². The van der Waals surface area contributed by atoms with Crippen molar-refractivity contribution in [3.63, 3.8) is 0 Å². The van der Waals surface area contributed by atoms with E-state index < -0.39 is 5.97 Å². The van der Waals surface area contributed by atoms with Crippen LogP contribution in [-0.2, 0) is 4.74 Å². The number of carboxylic acids is 1. The van der Waals surface area contributed by atoms with Crippen LogP contribution in [0, 0.1) is 0 Å². The molecule has 1 aromatic heterocycles. The second-order valence-electron chi connectivity index (χ2n) is 5.39. The van der Waals surface area contributed by atoms with Crippen molar-refractivity contribution in [2.24, 2.45) is 0 Å².